The van der Waals surface area contributed by atoms with E-state index in [0.29, 0.717) is 6.54 Å². The first kappa shape index (κ1) is 12.4. The standard InChI is InChI=1S/C13H17N3O2/c1-15-9-12(17)16(13(15)18)7-3-5-10-4-2-6-11(14)8-10/h2,4,6,8H,3,5,7,9,14H2,1H3. The summed E-state index contributed by atoms with van der Waals surface area (Å²) >= 11 is 0. The lowest BCUT2D eigenvalue weighted by Crippen LogP contribution is -2.32. The Kier molecular flexibility index (Phi) is 3.50. The van der Waals surface area contributed by atoms with Gasteiger partial charge in [0.25, 0.3) is 0 Å². The summed E-state index contributed by atoms with van der Waals surface area (Å²) in [6.07, 6.45) is 1.57. The maximum atomic E-state index is 11.6. The Balaban J connectivity index is 1.86. The number of imide groups is 1. The summed E-state index contributed by atoms with van der Waals surface area (Å²) in [6.45, 7) is 0.661. The summed E-state index contributed by atoms with van der Waals surface area (Å²) < 4.78 is 0. The summed E-state index contributed by atoms with van der Waals surface area (Å²) in [5, 5.41) is 0. The molecule has 0 spiro atoms. The fraction of sp³-hybridized carbons (Fsp3) is 0.385. The third kappa shape index (κ3) is 2.61. The molecule has 1 saturated heterocycles. The van der Waals surface area contributed by atoms with Gasteiger partial charge in [0.2, 0.25) is 5.91 Å². The number of hydrogen-bond donors (Lipinski definition) is 1. The number of urea groups is 1. The number of amides is 3. The normalized spacial score (nSPS) is 15.6. The van der Waals surface area contributed by atoms with Gasteiger partial charge in [-0.05, 0) is 30.5 Å². The van der Waals surface area contributed by atoms with Gasteiger partial charge >= 0.3 is 6.03 Å². The number of likely N-dealkylation sites (N-methyl/N-ethyl adjacent to an activating group) is 1. The van der Waals surface area contributed by atoms with Crippen LogP contribution in [0.25, 0.3) is 0 Å². The Hall–Kier alpha value is -2.04. The van der Waals surface area contributed by atoms with Crippen molar-refractivity contribution in [2.24, 2.45) is 0 Å². The van der Waals surface area contributed by atoms with Gasteiger partial charge in [-0.15, -0.1) is 0 Å². The summed E-state index contributed by atoms with van der Waals surface area (Å²) in [6, 6.07) is 7.46. The molecular weight excluding hydrogens is 230 g/mol. The summed E-state index contributed by atoms with van der Waals surface area (Å²) in [7, 11) is 1.64. The topological polar surface area (TPSA) is 66.6 Å². The second-order valence-electron chi connectivity index (χ2n) is 4.53. The number of carbonyl (C=O) groups is 2. The van der Waals surface area contributed by atoms with E-state index in [1.807, 2.05) is 24.3 Å². The molecule has 1 aromatic rings. The first-order valence-electron chi connectivity index (χ1n) is 5.98. The molecule has 5 nitrogen and oxygen atoms in total. The fourth-order valence-electron chi connectivity index (χ4n) is 2.08. The monoisotopic (exact) mass is 247 g/mol. The minimum atomic E-state index is -0.201. The predicted octanol–water partition coefficient (Wildman–Crippen LogP) is 1.10. The maximum Gasteiger partial charge on any atom is 0.326 e. The lowest BCUT2D eigenvalue weighted by atomic mass is 10.1. The summed E-state index contributed by atoms with van der Waals surface area (Å²) in [5.41, 5.74) is 7.55. The third-order valence-corrected chi connectivity index (χ3v) is 3.03. The smallest absolute Gasteiger partial charge is 0.326 e. The van der Waals surface area contributed by atoms with Crippen LogP contribution >= 0.6 is 0 Å². The maximum absolute atomic E-state index is 11.6. The average molecular weight is 247 g/mol. The van der Waals surface area contributed by atoms with E-state index < -0.39 is 0 Å². The lowest BCUT2D eigenvalue weighted by molar-refractivity contribution is -0.125. The van der Waals surface area contributed by atoms with Gasteiger partial charge in [0.15, 0.2) is 0 Å². The molecule has 2 N–H and O–H groups in total. The molecular formula is C13H17N3O2. The zero-order valence-electron chi connectivity index (χ0n) is 10.4. The second kappa shape index (κ2) is 5.08. The van der Waals surface area contributed by atoms with Gasteiger partial charge in [0.05, 0.1) is 0 Å². The number of anilines is 1. The Morgan fingerprint density at radius 1 is 1.33 bits per heavy atom. The highest BCUT2D eigenvalue weighted by Gasteiger charge is 2.32. The molecule has 96 valence electrons. The van der Waals surface area contributed by atoms with Crippen molar-refractivity contribution >= 4 is 17.6 Å². The first-order valence-corrected chi connectivity index (χ1v) is 5.98. The van der Waals surface area contributed by atoms with Crippen molar-refractivity contribution < 1.29 is 9.59 Å². The van der Waals surface area contributed by atoms with Gasteiger partial charge < -0.3 is 10.6 Å². The number of rotatable bonds is 4. The molecule has 3 amide bonds. The van der Waals surface area contributed by atoms with Crippen molar-refractivity contribution in [3.8, 4) is 0 Å². The molecule has 0 unspecified atom stereocenters. The quantitative estimate of drug-likeness (QED) is 0.640. The van der Waals surface area contributed by atoms with Crippen LogP contribution in [0.4, 0.5) is 10.5 Å². The molecule has 1 aliphatic rings. The van der Waals surface area contributed by atoms with Crippen molar-refractivity contribution in [2.75, 3.05) is 25.9 Å². The van der Waals surface area contributed by atoms with Crippen LogP contribution < -0.4 is 5.73 Å². The van der Waals surface area contributed by atoms with E-state index in [1.165, 1.54) is 9.80 Å². The molecule has 0 aliphatic carbocycles. The number of aryl methyl sites for hydroxylation is 1. The van der Waals surface area contributed by atoms with E-state index in [-0.39, 0.29) is 18.5 Å². The molecule has 1 heterocycles. The highest BCUT2D eigenvalue weighted by atomic mass is 16.2. The fourth-order valence-corrected chi connectivity index (χ4v) is 2.08. The van der Waals surface area contributed by atoms with Crippen molar-refractivity contribution in [1.82, 2.24) is 9.80 Å². The SMILES string of the molecule is CN1CC(=O)N(CCCc2cccc(N)c2)C1=O. The molecule has 1 fully saturated rings. The van der Waals surface area contributed by atoms with Gasteiger partial charge in [-0.1, -0.05) is 12.1 Å². The Morgan fingerprint density at radius 2 is 2.11 bits per heavy atom. The highest BCUT2D eigenvalue weighted by molar-refractivity contribution is 6.01. The van der Waals surface area contributed by atoms with Gasteiger partial charge in [0, 0.05) is 19.3 Å². The van der Waals surface area contributed by atoms with E-state index in [9.17, 15) is 9.59 Å². The molecule has 5 heteroatoms. The third-order valence-electron chi connectivity index (χ3n) is 3.03. The van der Waals surface area contributed by atoms with E-state index in [1.54, 1.807) is 7.05 Å². The molecule has 0 aromatic heterocycles. The predicted molar refractivity (Wildman–Crippen MR) is 68.9 cm³/mol. The second-order valence-corrected chi connectivity index (χ2v) is 4.53. The number of nitrogen functional groups attached to an aromatic ring is 1. The molecule has 0 saturated carbocycles. The Bertz CT molecular complexity index is 473. The van der Waals surface area contributed by atoms with Crippen LogP contribution in [-0.2, 0) is 11.2 Å². The van der Waals surface area contributed by atoms with E-state index >= 15 is 0 Å². The van der Waals surface area contributed by atoms with Gasteiger partial charge in [-0.25, -0.2) is 4.79 Å². The first-order chi connectivity index (χ1) is 8.58. The van der Waals surface area contributed by atoms with Gasteiger partial charge in [-0.3, -0.25) is 9.69 Å². The van der Waals surface area contributed by atoms with Crippen LogP contribution in [0.2, 0.25) is 0 Å². The van der Waals surface area contributed by atoms with E-state index in [0.717, 1.165) is 24.1 Å². The molecule has 18 heavy (non-hydrogen) atoms. The van der Waals surface area contributed by atoms with Crippen LogP contribution in [0.15, 0.2) is 24.3 Å². The molecule has 1 aliphatic heterocycles. The van der Waals surface area contributed by atoms with E-state index in [2.05, 4.69) is 0 Å². The van der Waals surface area contributed by atoms with Crippen molar-refractivity contribution in [3.05, 3.63) is 29.8 Å². The van der Waals surface area contributed by atoms with Crippen molar-refractivity contribution in [3.63, 3.8) is 0 Å². The zero-order chi connectivity index (χ0) is 13.1. The number of benzene rings is 1. The van der Waals surface area contributed by atoms with Crippen molar-refractivity contribution in [1.29, 1.82) is 0 Å². The molecule has 0 radical (unpaired) electrons. The largest absolute Gasteiger partial charge is 0.399 e. The highest BCUT2D eigenvalue weighted by Crippen LogP contribution is 2.12. The number of nitrogens with zero attached hydrogens (tertiary/aromatic N) is 2. The molecule has 2 rings (SSSR count). The number of carbonyl (C=O) groups excluding carboxylic acids is 2. The molecule has 0 bridgehead atoms. The Morgan fingerprint density at radius 3 is 2.72 bits per heavy atom. The Labute approximate surface area is 106 Å². The minimum Gasteiger partial charge on any atom is -0.399 e. The zero-order valence-corrected chi connectivity index (χ0v) is 10.4. The van der Waals surface area contributed by atoms with Gasteiger partial charge in [0.1, 0.15) is 6.54 Å². The minimum absolute atomic E-state index is 0.116. The van der Waals surface area contributed by atoms with Crippen LogP contribution in [-0.4, -0.2) is 41.9 Å². The number of hydrogen-bond acceptors (Lipinski definition) is 3. The summed E-state index contributed by atoms with van der Waals surface area (Å²) in [5.74, 6) is -0.116. The summed E-state index contributed by atoms with van der Waals surface area (Å²) in [4.78, 5) is 25.9. The van der Waals surface area contributed by atoms with Crippen LogP contribution in [0.5, 0.6) is 0 Å². The number of nitrogens with two attached hydrogens (primary N) is 1. The van der Waals surface area contributed by atoms with Crippen LogP contribution in [0, 0.1) is 0 Å². The van der Waals surface area contributed by atoms with Gasteiger partial charge in [-0.2, -0.15) is 0 Å². The van der Waals surface area contributed by atoms with Crippen molar-refractivity contribution in [2.45, 2.75) is 12.8 Å². The van der Waals surface area contributed by atoms with Crippen LogP contribution in [0.3, 0.4) is 0 Å². The van der Waals surface area contributed by atoms with E-state index in [4.69, 9.17) is 5.73 Å². The molecule has 1 aromatic carbocycles. The van der Waals surface area contributed by atoms with Crippen LogP contribution in [0.1, 0.15) is 12.0 Å². The lowest BCUT2D eigenvalue weighted by Gasteiger charge is -2.13. The average Bonchev–Trinajstić information content (AvgIpc) is 2.56. The molecule has 0 atom stereocenters.